The van der Waals surface area contributed by atoms with Crippen LogP contribution < -0.4 is 0 Å². The summed E-state index contributed by atoms with van der Waals surface area (Å²) < 4.78 is 1.90. The molecule has 1 rings (SSSR count). The third kappa shape index (κ3) is 4.04. The molecule has 0 atom stereocenters. The molecule has 0 spiro atoms. The second-order valence-electron chi connectivity index (χ2n) is 3.91. The summed E-state index contributed by atoms with van der Waals surface area (Å²) in [4.78, 5) is 13.3. The van der Waals surface area contributed by atoms with Crippen LogP contribution in [0.15, 0.2) is 5.16 Å². The second kappa shape index (κ2) is 7.01. The minimum absolute atomic E-state index is 0.0524. The Balaban J connectivity index is 2.32. The van der Waals surface area contributed by atoms with Gasteiger partial charge in [-0.15, -0.1) is 10.2 Å². The van der Waals surface area contributed by atoms with Gasteiger partial charge in [-0.1, -0.05) is 11.8 Å². The molecule has 98 valence electrons. The molecule has 0 saturated carbocycles. The minimum Gasteiger partial charge on any atom is -0.345 e. The molecule has 0 unspecified atom stereocenters. The molecule has 0 radical (unpaired) electrons. The first kappa shape index (κ1) is 14.5. The zero-order valence-electron chi connectivity index (χ0n) is 10.9. The van der Waals surface area contributed by atoms with E-state index < -0.39 is 0 Å². The van der Waals surface area contributed by atoms with E-state index in [9.17, 15) is 4.79 Å². The van der Waals surface area contributed by atoms with Crippen molar-refractivity contribution in [1.29, 1.82) is 5.26 Å². The Labute approximate surface area is 111 Å². The fourth-order valence-corrected chi connectivity index (χ4v) is 2.16. The molecule has 1 amide bonds. The predicted octanol–water partition coefficient (Wildman–Crippen LogP) is 0.978. The Kier molecular flexibility index (Phi) is 5.65. The van der Waals surface area contributed by atoms with E-state index in [4.69, 9.17) is 5.26 Å². The number of thioether (sulfide) groups is 1. The number of aryl methyl sites for hydroxylation is 1. The van der Waals surface area contributed by atoms with Gasteiger partial charge in [0, 0.05) is 32.8 Å². The van der Waals surface area contributed by atoms with Crippen molar-refractivity contribution in [3.63, 3.8) is 0 Å². The van der Waals surface area contributed by atoms with Crippen LogP contribution in [0.5, 0.6) is 0 Å². The van der Waals surface area contributed by atoms with Crippen LogP contribution in [0.4, 0.5) is 0 Å². The molecule has 6 nitrogen and oxygen atoms in total. The molecular weight excluding hydrogens is 250 g/mol. The summed E-state index contributed by atoms with van der Waals surface area (Å²) in [6, 6.07) is 2.02. The van der Waals surface area contributed by atoms with Gasteiger partial charge in [0.05, 0.1) is 12.5 Å². The number of nitriles is 1. The van der Waals surface area contributed by atoms with E-state index in [-0.39, 0.29) is 5.91 Å². The molecule has 0 aliphatic rings. The summed E-state index contributed by atoms with van der Waals surface area (Å²) in [5, 5.41) is 17.2. The Morgan fingerprint density at radius 1 is 1.56 bits per heavy atom. The van der Waals surface area contributed by atoms with E-state index in [1.807, 2.05) is 24.6 Å². The summed E-state index contributed by atoms with van der Waals surface area (Å²) >= 11 is 1.51. The van der Waals surface area contributed by atoms with Gasteiger partial charge in [-0.05, 0) is 6.92 Å². The zero-order chi connectivity index (χ0) is 13.5. The molecule has 0 aliphatic heterocycles. The quantitative estimate of drug-likeness (QED) is 0.718. The molecule has 0 bridgehead atoms. The minimum atomic E-state index is 0.0524. The molecule has 7 heteroatoms. The molecule has 0 saturated heterocycles. The van der Waals surface area contributed by atoms with E-state index in [0.29, 0.717) is 25.1 Å². The number of hydrogen-bond acceptors (Lipinski definition) is 5. The van der Waals surface area contributed by atoms with Crippen molar-refractivity contribution in [2.75, 3.05) is 19.3 Å². The molecule has 1 heterocycles. The molecule has 1 aromatic rings. The lowest BCUT2D eigenvalue weighted by molar-refractivity contribution is -0.129. The summed E-state index contributed by atoms with van der Waals surface area (Å²) in [5.74, 6) is 1.58. The van der Waals surface area contributed by atoms with Crippen LogP contribution in [-0.4, -0.2) is 44.9 Å². The number of rotatable bonds is 6. The van der Waals surface area contributed by atoms with Crippen molar-refractivity contribution in [2.45, 2.75) is 24.9 Å². The number of amides is 1. The number of carbonyl (C=O) groups is 1. The highest BCUT2D eigenvalue weighted by Crippen LogP contribution is 2.16. The maximum Gasteiger partial charge on any atom is 0.223 e. The van der Waals surface area contributed by atoms with Gasteiger partial charge in [0.2, 0.25) is 5.91 Å². The third-order valence-corrected chi connectivity index (χ3v) is 3.61. The fraction of sp³-hybridized carbons (Fsp3) is 0.636. The number of aromatic nitrogens is 3. The predicted molar refractivity (Wildman–Crippen MR) is 68.9 cm³/mol. The number of hydrogen-bond donors (Lipinski definition) is 0. The van der Waals surface area contributed by atoms with Crippen LogP contribution in [0.1, 0.15) is 18.7 Å². The Hall–Kier alpha value is -1.55. The summed E-state index contributed by atoms with van der Waals surface area (Å²) in [6.07, 6.45) is 0.816. The van der Waals surface area contributed by atoms with Crippen LogP contribution >= 0.6 is 11.8 Å². The SMILES string of the molecule is Cc1nnc(SCCC(=O)N(C)CCC#N)n1C. The fourth-order valence-electron chi connectivity index (χ4n) is 1.28. The lowest BCUT2D eigenvalue weighted by Crippen LogP contribution is -2.27. The van der Waals surface area contributed by atoms with Gasteiger partial charge < -0.3 is 9.47 Å². The van der Waals surface area contributed by atoms with Gasteiger partial charge in [0.1, 0.15) is 5.82 Å². The summed E-state index contributed by atoms with van der Waals surface area (Å²) in [5.41, 5.74) is 0. The third-order valence-electron chi connectivity index (χ3n) is 2.58. The van der Waals surface area contributed by atoms with Crippen molar-refractivity contribution in [2.24, 2.45) is 7.05 Å². The highest BCUT2D eigenvalue weighted by Gasteiger charge is 2.10. The Morgan fingerprint density at radius 3 is 2.83 bits per heavy atom. The lowest BCUT2D eigenvalue weighted by atomic mass is 10.3. The van der Waals surface area contributed by atoms with Crippen LogP contribution in [0.3, 0.4) is 0 Å². The topological polar surface area (TPSA) is 74.8 Å². The van der Waals surface area contributed by atoms with E-state index in [0.717, 1.165) is 11.0 Å². The van der Waals surface area contributed by atoms with Gasteiger partial charge in [-0.3, -0.25) is 4.79 Å². The molecule has 18 heavy (non-hydrogen) atoms. The summed E-state index contributed by atoms with van der Waals surface area (Å²) in [7, 11) is 3.62. The van der Waals surface area contributed by atoms with E-state index in [1.165, 1.54) is 11.8 Å². The second-order valence-corrected chi connectivity index (χ2v) is 4.97. The van der Waals surface area contributed by atoms with Gasteiger partial charge in [-0.2, -0.15) is 5.26 Å². The normalized spacial score (nSPS) is 10.1. The first-order valence-corrected chi connectivity index (χ1v) is 6.64. The standard InChI is InChI=1S/C11H17N5OS/c1-9-13-14-11(16(9)3)18-8-5-10(17)15(2)7-4-6-12/h4-5,7-8H2,1-3H3. The van der Waals surface area contributed by atoms with Crippen LogP contribution in [0, 0.1) is 18.3 Å². The Morgan fingerprint density at radius 2 is 2.28 bits per heavy atom. The first-order chi connectivity index (χ1) is 8.56. The van der Waals surface area contributed by atoms with Gasteiger partial charge in [0.25, 0.3) is 0 Å². The van der Waals surface area contributed by atoms with Crippen molar-refractivity contribution in [3.8, 4) is 6.07 Å². The summed E-state index contributed by atoms with van der Waals surface area (Å²) in [6.45, 7) is 2.38. The first-order valence-electron chi connectivity index (χ1n) is 5.66. The van der Waals surface area contributed by atoms with E-state index >= 15 is 0 Å². The Bertz CT molecular complexity index is 451. The maximum absolute atomic E-state index is 11.7. The molecular formula is C11H17N5OS. The van der Waals surface area contributed by atoms with Crippen LogP contribution in [0.2, 0.25) is 0 Å². The highest BCUT2D eigenvalue weighted by molar-refractivity contribution is 7.99. The number of carbonyl (C=O) groups excluding carboxylic acids is 1. The average molecular weight is 267 g/mol. The van der Waals surface area contributed by atoms with Gasteiger partial charge in [-0.25, -0.2) is 0 Å². The van der Waals surface area contributed by atoms with E-state index in [1.54, 1.807) is 11.9 Å². The van der Waals surface area contributed by atoms with Crippen molar-refractivity contribution >= 4 is 17.7 Å². The maximum atomic E-state index is 11.7. The molecule has 0 aliphatic carbocycles. The van der Waals surface area contributed by atoms with E-state index in [2.05, 4.69) is 10.2 Å². The molecule has 0 fully saturated rings. The zero-order valence-corrected chi connectivity index (χ0v) is 11.7. The van der Waals surface area contributed by atoms with Crippen LogP contribution in [0.25, 0.3) is 0 Å². The van der Waals surface area contributed by atoms with Crippen molar-refractivity contribution < 1.29 is 4.79 Å². The van der Waals surface area contributed by atoms with Crippen molar-refractivity contribution in [3.05, 3.63) is 5.82 Å². The monoisotopic (exact) mass is 267 g/mol. The van der Waals surface area contributed by atoms with Crippen LogP contribution in [-0.2, 0) is 11.8 Å². The largest absolute Gasteiger partial charge is 0.345 e. The lowest BCUT2D eigenvalue weighted by Gasteiger charge is -2.14. The molecule has 0 N–H and O–H groups in total. The highest BCUT2D eigenvalue weighted by atomic mass is 32.2. The van der Waals surface area contributed by atoms with Crippen molar-refractivity contribution in [1.82, 2.24) is 19.7 Å². The smallest absolute Gasteiger partial charge is 0.223 e. The molecule has 0 aromatic carbocycles. The average Bonchev–Trinajstić information content (AvgIpc) is 2.67. The van der Waals surface area contributed by atoms with Gasteiger partial charge in [0.15, 0.2) is 5.16 Å². The molecule has 1 aromatic heterocycles. The van der Waals surface area contributed by atoms with Gasteiger partial charge >= 0.3 is 0 Å². The number of nitrogens with zero attached hydrogens (tertiary/aromatic N) is 5.